The summed E-state index contributed by atoms with van der Waals surface area (Å²) in [5.41, 5.74) is 3.25. The average Bonchev–Trinajstić information content (AvgIpc) is 3.43. The zero-order valence-electron chi connectivity index (χ0n) is 21.7. The van der Waals surface area contributed by atoms with Crippen LogP contribution in [0.2, 0.25) is 0 Å². The molecule has 1 saturated heterocycles. The van der Waals surface area contributed by atoms with E-state index in [4.69, 9.17) is 17.0 Å². The van der Waals surface area contributed by atoms with E-state index in [-0.39, 0.29) is 23.8 Å². The highest BCUT2D eigenvalue weighted by Crippen LogP contribution is 2.42. The zero-order valence-corrected chi connectivity index (χ0v) is 24.1. The van der Waals surface area contributed by atoms with E-state index >= 15 is 0 Å². The number of nitrogens with one attached hydrogen (secondary N) is 1. The van der Waals surface area contributed by atoms with Crippen LogP contribution in [0.25, 0.3) is 0 Å². The summed E-state index contributed by atoms with van der Waals surface area (Å²) >= 11 is 8.13. The summed E-state index contributed by atoms with van der Waals surface area (Å²) in [6.07, 6.45) is 2.84. The molecule has 2 amide bonds. The molecule has 39 heavy (non-hydrogen) atoms. The molecular formula is C30H28N2O4S3. The van der Waals surface area contributed by atoms with Gasteiger partial charge < -0.3 is 10.1 Å². The maximum absolute atomic E-state index is 14.0. The number of thiophene rings is 1. The minimum atomic E-state index is -0.431. The third kappa shape index (κ3) is 5.71. The Bertz CT molecular complexity index is 1460. The SMILES string of the molecule is CCOC(=O)c1c(NC(=O)/C(Cc2ccccc2)=C2/SC(=S)N(c3ccccc3)C2=O)sc2c1CCC(C)C2. The minimum Gasteiger partial charge on any atom is -0.462 e. The highest BCUT2D eigenvalue weighted by molar-refractivity contribution is 8.27. The van der Waals surface area contributed by atoms with Gasteiger partial charge in [-0.25, -0.2) is 4.79 Å². The fourth-order valence-corrected chi connectivity index (χ4v) is 7.60. The Kier molecular flexibility index (Phi) is 8.30. The Hall–Kier alpha value is -3.27. The van der Waals surface area contributed by atoms with Crippen molar-refractivity contribution in [3.63, 3.8) is 0 Å². The zero-order chi connectivity index (χ0) is 27.5. The highest BCUT2D eigenvalue weighted by atomic mass is 32.2. The fourth-order valence-electron chi connectivity index (χ4n) is 4.85. The number of para-hydroxylation sites is 1. The van der Waals surface area contributed by atoms with Gasteiger partial charge in [-0.3, -0.25) is 14.5 Å². The second-order valence-corrected chi connectivity index (χ2v) is 12.3. The molecule has 0 radical (unpaired) electrons. The molecule has 1 N–H and O–H groups in total. The number of ether oxygens (including phenoxy) is 1. The monoisotopic (exact) mass is 576 g/mol. The van der Waals surface area contributed by atoms with Crippen LogP contribution < -0.4 is 10.2 Å². The maximum atomic E-state index is 14.0. The summed E-state index contributed by atoms with van der Waals surface area (Å²) in [6, 6.07) is 18.7. The molecule has 0 spiro atoms. The summed E-state index contributed by atoms with van der Waals surface area (Å²) in [5.74, 6) is -0.685. The molecule has 0 saturated carbocycles. The number of hydrogen-bond donors (Lipinski definition) is 1. The van der Waals surface area contributed by atoms with Crippen molar-refractivity contribution >= 4 is 68.1 Å². The van der Waals surface area contributed by atoms with Gasteiger partial charge in [-0.2, -0.15) is 0 Å². The molecule has 2 aliphatic rings. The smallest absolute Gasteiger partial charge is 0.341 e. The lowest BCUT2D eigenvalue weighted by molar-refractivity contribution is -0.115. The molecule has 1 aliphatic heterocycles. The molecule has 0 bridgehead atoms. The predicted molar refractivity (Wildman–Crippen MR) is 161 cm³/mol. The molecule has 6 nitrogen and oxygen atoms in total. The van der Waals surface area contributed by atoms with Gasteiger partial charge in [-0.1, -0.05) is 79.4 Å². The number of thioether (sulfide) groups is 1. The van der Waals surface area contributed by atoms with E-state index in [2.05, 4.69) is 12.2 Å². The number of hydrogen-bond acceptors (Lipinski definition) is 7. The Labute approximate surface area is 241 Å². The van der Waals surface area contributed by atoms with Crippen LogP contribution in [0.15, 0.2) is 71.1 Å². The number of benzene rings is 2. The summed E-state index contributed by atoms with van der Waals surface area (Å²) in [7, 11) is 0. The van der Waals surface area contributed by atoms with Crippen molar-refractivity contribution in [1.82, 2.24) is 0 Å². The predicted octanol–water partition coefficient (Wildman–Crippen LogP) is 6.55. The number of thiocarbonyl (C=S) groups is 1. The Morgan fingerprint density at radius 1 is 1.10 bits per heavy atom. The maximum Gasteiger partial charge on any atom is 0.341 e. The number of fused-ring (bicyclic) bond motifs is 1. The Morgan fingerprint density at radius 3 is 2.49 bits per heavy atom. The van der Waals surface area contributed by atoms with Crippen molar-refractivity contribution in [2.75, 3.05) is 16.8 Å². The van der Waals surface area contributed by atoms with Crippen LogP contribution >= 0.6 is 35.3 Å². The highest BCUT2D eigenvalue weighted by Gasteiger charge is 2.38. The molecule has 1 aromatic heterocycles. The van der Waals surface area contributed by atoms with E-state index in [1.165, 1.54) is 16.2 Å². The van der Waals surface area contributed by atoms with Crippen molar-refractivity contribution in [2.24, 2.45) is 5.92 Å². The first-order chi connectivity index (χ1) is 18.9. The van der Waals surface area contributed by atoms with E-state index in [9.17, 15) is 14.4 Å². The van der Waals surface area contributed by atoms with E-state index in [1.54, 1.807) is 6.92 Å². The lowest BCUT2D eigenvalue weighted by Gasteiger charge is -2.18. The fraction of sp³-hybridized carbons (Fsp3) is 0.267. The van der Waals surface area contributed by atoms with Crippen molar-refractivity contribution in [3.05, 3.63) is 92.7 Å². The molecule has 2 heterocycles. The number of anilines is 2. The number of rotatable bonds is 7. The molecule has 5 rings (SSSR count). The van der Waals surface area contributed by atoms with Crippen molar-refractivity contribution in [1.29, 1.82) is 0 Å². The van der Waals surface area contributed by atoms with Gasteiger partial charge in [0.15, 0.2) is 4.32 Å². The standard InChI is InChI=1S/C30H28N2O4S3/c1-3-36-29(35)24-21-15-14-18(2)16-23(21)38-27(24)31-26(33)22(17-19-10-6-4-7-11-19)25-28(34)32(30(37)39-25)20-12-8-5-9-13-20/h4-13,18H,3,14-17H2,1-2H3,(H,31,33)/b25-22+. The molecule has 1 aliphatic carbocycles. The first-order valence-electron chi connectivity index (χ1n) is 12.9. The molecule has 200 valence electrons. The van der Waals surface area contributed by atoms with E-state index in [0.29, 0.717) is 32.1 Å². The molecular weight excluding hydrogens is 549 g/mol. The number of amides is 2. The van der Waals surface area contributed by atoms with Crippen LogP contribution in [-0.4, -0.2) is 28.7 Å². The van der Waals surface area contributed by atoms with Crippen LogP contribution in [0.3, 0.4) is 0 Å². The molecule has 2 aromatic carbocycles. The summed E-state index contributed by atoms with van der Waals surface area (Å²) in [5, 5.41) is 3.48. The van der Waals surface area contributed by atoms with Gasteiger partial charge in [-0.15, -0.1) is 11.3 Å². The van der Waals surface area contributed by atoms with E-state index in [0.717, 1.165) is 47.0 Å². The van der Waals surface area contributed by atoms with E-state index < -0.39 is 11.9 Å². The summed E-state index contributed by atoms with van der Waals surface area (Å²) in [4.78, 5) is 43.5. The van der Waals surface area contributed by atoms with Gasteiger partial charge in [0.05, 0.1) is 22.8 Å². The third-order valence-corrected chi connectivity index (χ3v) is 9.36. The molecule has 1 fully saturated rings. The molecule has 1 atom stereocenters. The molecule has 1 unspecified atom stereocenters. The lowest BCUT2D eigenvalue weighted by atomic mass is 9.88. The first-order valence-corrected chi connectivity index (χ1v) is 14.9. The van der Waals surface area contributed by atoms with Gasteiger partial charge in [0.25, 0.3) is 11.8 Å². The van der Waals surface area contributed by atoms with Crippen molar-refractivity contribution in [3.8, 4) is 0 Å². The van der Waals surface area contributed by atoms with E-state index in [1.807, 2.05) is 60.7 Å². The lowest BCUT2D eigenvalue weighted by Crippen LogP contribution is -2.28. The third-order valence-electron chi connectivity index (χ3n) is 6.77. The molecule has 3 aromatic rings. The van der Waals surface area contributed by atoms with Gasteiger partial charge in [-0.05, 0) is 55.4 Å². The van der Waals surface area contributed by atoms with Crippen LogP contribution in [0.5, 0.6) is 0 Å². The first kappa shape index (κ1) is 27.3. The van der Waals surface area contributed by atoms with Crippen molar-refractivity contribution in [2.45, 2.75) is 39.5 Å². The number of nitrogens with zero attached hydrogens (tertiary/aromatic N) is 1. The van der Waals surface area contributed by atoms with Crippen LogP contribution in [-0.2, 0) is 33.6 Å². The quantitative estimate of drug-likeness (QED) is 0.195. The Morgan fingerprint density at radius 2 is 1.79 bits per heavy atom. The van der Waals surface area contributed by atoms with Gasteiger partial charge in [0.1, 0.15) is 5.00 Å². The van der Waals surface area contributed by atoms with Gasteiger partial charge in [0, 0.05) is 16.9 Å². The number of carbonyl (C=O) groups is 3. The van der Waals surface area contributed by atoms with Crippen LogP contribution in [0.4, 0.5) is 10.7 Å². The van der Waals surface area contributed by atoms with Gasteiger partial charge in [0.2, 0.25) is 0 Å². The normalized spacial score (nSPS) is 18.1. The largest absolute Gasteiger partial charge is 0.462 e. The average molecular weight is 577 g/mol. The second-order valence-electron chi connectivity index (χ2n) is 9.54. The number of carbonyl (C=O) groups excluding carboxylic acids is 3. The molecule has 9 heteroatoms. The van der Waals surface area contributed by atoms with Crippen LogP contribution in [0, 0.1) is 5.92 Å². The second kappa shape index (κ2) is 11.9. The number of esters is 1. The van der Waals surface area contributed by atoms with Crippen LogP contribution in [0.1, 0.15) is 46.6 Å². The summed E-state index contributed by atoms with van der Waals surface area (Å²) in [6.45, 7) is 4.20. The summed E-state index contributed by atoms with van der Waals surface area (Å²) < 4.78 is 5.74. The topological polar surface area (TPSA) is 75.7 Å². The van der Waals surface area contributed by atoms with Crippen molar-refractivity contribution < 1.29 is 19.1 Å². The minimum absolute atomic E-state index is 0.239. The Balaban J connectivity index is 1.54. The van der Waals surface area contributed by atoms with Gasteiger partial charge >= 0.3 is 5.97 Å².